The first-order valence-corrected chi connectivity index (χ1v) is 7.15. The van der Waals surface area contributed by atoms with Gasteiger partial charge in [0.2, 0.25) is 0 Å². The summed E-state index contributed by atoms with van der Waals surface area (Å²) in [5.74, 6) is -0.836. The first-order chi connectivity index (χ1) is 7.77. The van der Waals surface area contributed by atoms with Gasteiger partial charge in [0.1, 0.15) is 0 Å². The molecule has 0 spiro atoms. The first-order valence-electron chi connectivity index (χ1n) is 4.82. The van der Waals surface area contributed by atoms with Crippen molar-refractivity contribution in [2.75, 3.05) is 0 Å². The molecular weight excluding hydrogens is 316 g/mol. The van der Waals surface area contributed by atoms with Crippen LogP contribution in [0, 0.1) is 0 Å². The van der Waals surface area contributed by atoms with Gasteiger partial charge in [0.15, 0.2) is 0 Å². The molecular formula is C13H10O2Te. The third-order valence-electron chi connectivity index (χ3n) is 2.09. The van der Waals surface area contributed by atoms with E-state index < -0.39 is 26.9 Å². The summed E-state index contributed by atoms with van der Waals surface area (Å²) in [5.41, 5.74) is 0.439. The Balaban J connectivity index is 2.31. The summed E-state index contributed by atoms with van der Waals surface area (Å²) >= 11 is -0.601. The summed E-state index contributed by atoms with van der Waals surface area (Å²) < 4.78 is 2.23. The molecule has 0 unspecified atom stereocenters. The van der Waals surface area contributed by atoms with Crippen LogP contribution in [0.25, 0.3) is 0 Å². The quantitative estimate of drug-likeness (QED) is 0.856. The second kappa shape index (κ2) is 5.16. The van der Waals surface area contributed by atoms with Crippen LogP contribution >= 0.6 is 0 Å². The molecule has 0 bridgehead atoms. The van der Waals surface area contributed by atoms with Crippen molar-refractivity contribution in [3.8, 4) is 0 Å². The van der Waals surface area contributed by atoms with Gasteiger partial charge in [-0.2, -0.15) is 0 Å². The predicted octanol–water partition coefficient (Wildman–Crippen LogP) is 1.04. The van der Waals surface area contributed by atoms with E-state index in [-0.39, 0.29) is 0 Å². The molecule has 0 atom stereocenters. The van der Waals surface area contributed by atoms with Gasteiger partial charge in [-0.1, -0.05) is 0 Å². The number of aromatic carboxylic acids is 1. The summed E-state index contributed by atoms with van der Waals surface area (Å²) in [6.45, 7) is 0. The van der Waals surface area contributed by atoms with Gasteiger partial charge in [0.05, 0.1) is 0 Å². The number of carbonyl (C=O) groups is 1. The zero-order chi connectivity index (χ0) is 11.4. The summed E-state index contributed by atoms with van der Waals surface area (Å²) in [5, 5.41) is 9.06. The summed E-state index contributed by atoms with van der Waals surface area (Å²) in [6.07, 6.45) is 0. The Hall–Kier alpha value is -1.30. The maximum atomic E-state index is 11.0. The molecule has 16 heavy (non-hydrogen) atoms. The molecule has 2 aromatic rings. The molecule has 0 aliphatic rings. The van der Waals surface area contributed by atoms with Crippen LogP contribution in [-0.2, 0) is 0 Å². The zero-order valence-electron chi connectivity index (χ0n) is 8.46. The van der Waals surface area contributed by atoms with E-state index >= 15 is 0 Å². The van der Waals surface area contributed by atoms with E-state index in [2.05, 4.69) is 12.1 Å². The summed E-state index contributed by atoms with van der Waals surface area (Å²) in [4.78, 5) is 11.0. The Labute approximate surface area is 104 Å². The minimum absolute atomic E-state index is 0.439. The molecule has 0 radical (unpaired) electrons. The van der Waals surface area contributed by atoms with E-state index in [4.69, 9.17) is 5.11 Å². The third-order valence-corrected chi connectivity index (χ3v) is 5.18. The van der Waals surface area contributed by atoms with E-state index in [1.165, 1.54) is 3.61 Å². The topological polar surface area (TPSA) is 37.3 Å². The van der Waals surface area contributed by atoms with E-state index in [1.807, 2.05) is 30.3 Å². The molecule has 80 valence electrons. The van der Waals surface area contributed by atoms with Crippen molar-refractivity contribution in [2.45, 2.75) is 0 Å². The van der Waals surface area contributed by atoms with E-state index in [0.717, 1.165) is 3.61 Å². The van der Waals surface area contributed by atoms with E-state index in [0.29, 0.717) is 5.56 Å². The van der Waals surface area contributed by atoms with Crippen LogP contribution < -0.4 is 7.22 Å². The van der Waals surface area contributed by atoms with E-state index in [1.54, 1.807) is 12.1 Å². The number of hydrogen-bond donors (Lipinski definition) is 1. The Morgan fingerprint density at radius 1 is 0.938 bits per heavy atom. The summed E-state index contributed by atoms with van der Waals surface area (Å²) in [7, 11) is 0. The molecule has 2 rings (SSSR count). The van der Waals surface area contributed by atoms with Crippen LogP contribution in [0.15, 0.2) is 54.6 Å². The molecule has 0 saturated carbocycles. The van der Waals surface area contributed by atoms with Crippen molar-refractivity contribution < 1.29 is 9.90 Å². The van der Waals surface area contributed by atoms with Crippen molar-refractivity contribution in [1.29, 1.82) is 0 Å². The van der Waals surface area contributed by atoms with Gasteiger partial charge in [0.25, 0.3) is 0 Å². The first kappa shape index (κ1) is 11.2. The Bertz CT molecular complexity index is 494. The Morgan fingerprint density at radius 3 is 2.25 bits per heavy atom. The average molecular weight is 326 g/mol. The van der Waals surface area contributed by atoms with Crippen LogP contribution in [-0.4, -0.2) is 32.0 Å². The van der Waals surface area contributed by atoms with Crippen molar-refractivity contribution >= 4 is 34.1 Å². The standard InChI is InChI=1S/C13H10O2Te/c14-13(15)11-8-4-5-9-12(11)16-10-6-2-1-3-7-10/h1-9H,(H,14,15). The van der Waals surface area contributed by atoms with Gasteiger partial charge in [-0.3, -0.25) is 0 Å². The second-order valence-electron chi connectivity index (χ2n) is 3.22. The van der Waals surface area contributed by atoms with Gasteiger partial charge in [-0.25, -0.2) is 0 Å². The molecule has 2 nitrogen and oxygen atoms in total. The Morgan fingerprint density at radius 2 is 1.56 bits per heavy atom. The molecule has 0 fully saturated rings. The molecule has 0 amide bonds. The maximum absolute atomic E-state index is 11.0. The third kappa shape index (κ3) is 2.63. The van der Waals surface area contributed by atoms with Crippen LogP contribution in [0.4, 0.5) is 0 Å². The SMILES string of the molecule is O=C(O)c1ccccc1[Te]c1ccccc1. The van der Waals surface area contributed by atoms with Crippen molar-refractivity contribution in [2.24, 2.45) is 0 Å². The van der Waals surface area contributed by atoms with Gasteiger partial charge < -0.3 is 0 Å². The van der Waals surface area contributed by atoms with Crippen molar-refractivity contribution in [3.63, 3.8) is 0 Å². The fourth-order valence-corrected chi connectivity index (χ4v) is 4.09. The number of carboxylic acid groups (broad SMARTS) is 1. The van der Waals surface area contributed by atoms with Crippen LogP contribution in [0.1, 0.15) is 10.4 Å². The Kier molecular flexibility index (Phi) is 3.61. The van der Waals surface area contributed by atoms with E-state index in [9.17, 15) is 4.79 Å². The van der Waals surface area contributed by atoms with Crippen molar-refractivity contribution in [3.05, 3.63) is 60.2 Å². The molecule has 3 heteroatoms. The molecule has 0 aliphatic heterocycles. The fourth-order valence-electron chi connectivity index (χ4n) is 1.35. The molecule has 2 aromatic carbocycles. The van der Waals surface area contributed by atoms with Crippen LogP contribution in [0.5, 0.6) is 0 Å². The van der Waals surface area contributed by atoms with Gasteiger partial charge in [-0.15, -0.1) is 0 Å². The minimum atomic E-state index is -0.836. The number of rotatable bonds is 3. The van der Waals surface area contributed by atoms with Crippen molar-refractivity contribution in [1.82, 2.24) is 0 Å². The van der Waals surface area contributed by atoms with Crippen LogP contribution in [0.3, 0.4) is 0 Å². The molecule has 0 aliphatic carbocycles. The van der Waals surface area contributed by atoms with Gasteiger partial charge in [0, 0.05) is 0 Å². The number of carboxylic acids is 1. The normalized spacial score (nSPS) is 10.0. The van der Waals surface area contributed by atoms with Crippen LogP contribution in [0.2, 0.25) is 0 Å². The molecule has 0 aromatic heterocycles. The zero-order valence-corrected chi connectivity index (χ0v) is 10.8. The number of hydrogen-bond acceptors (Lipinski definition) is 1. The molecule has 0 heterocycles. The van der Waals surface area contributed by atoms with Gasteiger partial charge >= 0.3 is 104 Å². The summed E-state index contributed by atoms with van der Waals surface area (Å²) in [6, 6.07) is 17.3. The van der Waals surface area contributed by atoms with Gasteiger partial charge in [-0.05, 0) is 0 Å². The fraction of sp³-hybridized carbons (Fsp3) is 0. The average Bonchev–Trinajstić information content (AvgIpc) is 2.31. The monoisotopic (exact) mass is 328 g/mol. The molecule has 0 saturated heterocycles. The predicted molar refractivity (Wildman–Crippen MR) is 64.9 cm³/mol. The second-order valence-corrected chi connectivity index (χ2v) is 6.40. The molecule has 1 N–H and O–H groups in total. The number of benzene rings is 2.